The maximum Gasteiger partial charge on any atom is 0.264 e. The molecule has 8 heteroatoms. The maximum atomic E-state index is 13.4. The van der Waals surface area contributed by atoms with Crippen LogP contribution in [0, 0.1) is 11.7 Å². The number of hydrogen-bond donors (Lipinski definition) is 0. The van der Waals surface area contributed by atoms with E-state index >= 15 is 0 Å². The van der Waals surface area contributed by atoms with Gasteiger partial charge >= 0.3 is 0 Å². The van der Waals surface area contributed by atoms with E-state index in [-0.39, 0.29) is 23.0 Å². The summed E-state index contributed by atoms with van der Waals surface area (Å²) in [5.41, 5.74) is 0.237. The molecule has 1 aliphatic heterocycles. The fourth-order valence-electron chi connectivity index (χ4n) is 3.44. The summed E-state index contributed by atoms with van der Waals surface area (Å²) in [6.45, 7) is 2.96. The molecule has 0 aliphatic carbocycles. The largest absolute Gasteiger partial charge is 0.497 e. The molecule has 2 aromatic rings. The Morgan fingerprint density at radius 1 is 1.17 bits per heavy atom. The Bertz CT molecular complexity index is 946. The van der Waals surface area contributed by atoms with Crippen LogP contribution in [0.3, 0.4) is 0 Å². The summed E-state index contributed by atoms with van der Waals surface area (Å²) < 4.78 is 46.2. The van der Waals surface area contributed by atoms with Crippen LogP contribution in [-0.4, -0.2) is 46.0 Å². The topological polar surface area (TPSA) is 66.9 Å². The molecule has 1 unspecified atom stereocenters. The van der Waals surface area contributed by atoms with Crippen LogP contribution < -0.4 is 9.04 Å². The summed E-state index contributed by atoms with van der Waals surface area (Å²) in [6, 6.07) is 11.0. The molecular weight excluding hydrogens is 395 g/mol. The van der Waals surface area contributed by atoms with Gasteiger partial charge in [-0.25, -0.2) is 12.8 Å². The van der Waals surface area contributed by atoms with Crippen molar-refractivity contribution >= 4 is 21.6 Å². The second kappa shape index (κ2) is 8.82. The third-order valence-corrected chi connectivity index (χ3v) is 6.84. The number of benzene rings is 2. The second-order valence-corrected chi connectivity index (χ2v) is 9.11. The molecular formula is C21H25FN2O4S. The number of hydrogen-bond acceptors (Lipinski definition) is 4. The molecule has 1 heterocycles. The Balaban J connectivity index is 1.93. The Morgan fingerprint density at radius 3 is 2.41 bits per heavy atom. The van der Waals surface area contributed by atoms with Gasteiger partial charge in [0.15, 0.2) is 0 Å². The summed E-state index contributed by atoms with van der Waals surface area (Å²) >= 11 is 0. The molecule has 0 bridgehead atoms. The molecule has 3 rings (SSSR count). The number of halogens is 1. The average molecular weight is 421 g/mol. The highest BCUT2D eigenvalue weighted by molar-refractivity contribution is 7.92. The molecule has 0 saturated carbocycles. The van der Waals surface area contributed by atoms with Crippen molar-refractivity contribution in [2.75, 3.05) is 31.0 Å². The highest BCUT2D eigenvalue weighted by Gasteiger charge is 2.30. The summed E-state index contributed by atoms with van der Waals surface area (Å²) in [5, 5.41) is 0. The molecule has 0 spiro atoms. The van der Waals surface area contributed by atoms with Gasteiger partial charge in [-0.05, 0) is 67.3 Å². The van der Waals surface area contributed by atoms with Crippen molar-refractivity contribution in [3.63, 3.8) is 0 Å². The molecule has 6 nitrogen and oxygen atoms in total. The minimum absolute atomic E-state index is 0.0300. The fourth-order valence-corrected chi connectivity index (χ4v) is 4.85. The number of sulfonamides is 1. The number of rotatable bonds is 6. The summed E-state index contributed by atoms with van der Waals surface area (Å²) in [6.07, 6.45) is 1.95. The molecule has 1 aliphatic rings. The minimum atomic E-state index is -4.03. The molecule has 2 aromatic carbocycles. The van der Waals surface area contributed by atoms with Gasteiger partial charge in [-0.1, -0.05) is 6.92 Å². The van der Waals surface area contributed by atoms with Crippen LogP contribution in [-0.2, 0) is 14.8 Å². The predicted molar refractivity (Wildman–Crippen MR) is 109 cm³/mol. The standard InChI is InChI=1S/C21H25FN2O4S/c1-16-4-3-13-23(14-16)21(25)15-24(18-7-5-17(22)6-8-18)29(26,27)20-11-9-19(28-2)10-12-20/h5-12,16H,3-4,13-15H2,1-2H3. The lowest BCUT2D eigenvalue weighted by atomic mass is 10.0. The first-order valence-electron chi connectivity index (χ1n) is 9.51. The SMILES string of the molecule is COc1ccc(S(=O)(=O)N(CC(=O)N2CCCC(C)C2)c2ccc(F)cc2)cc1. The Hall–Kier alpha value is -2.61. The van der Waals surface area contributed by atoms with Crippen LogP contribution in [0.5, 0.6) is 5.75 Å². The molecule has 1 saturated heterocycles. The zero-order chi connectivity index (χ0) is 21.0. The van der Waals surface area contributed by atoms with Crippen LogP contribution in [0.1, 0.15) is 19.8 Å². The highest BCUT2D eigenvalue weighted by Crippen LogP contribution is 2.26. The molecule has 1 amide bonds. The van der Waals surface area contributed by atoms with E-state index in [0.29, 0.717) is 24.8 Å². The van der Waals surface area contributed by atoms with Crippen molar-refractivity contribution in [1.82, 2.24) is 4.90 Å². The van der Waals surface area contributed by atoms with E-state index in [4.69, 9.17) is 4.74 Å². The third-order valence-electron chi connectivity index (χ3n) is 5.05. The Kier molecular flexibility index (Phi) is 6.42. The molecule has 0 N–H and O–H groups in total. The van der Waals surface area contributed by atoms with Crippen LogP contribution >= 0.6 is 0 Å². The minimum Gasteiger partial charge on any atom is -0.497 e. The van der Waals surface area contributed by atoms with E-state index in [9.17, 15) is 17.6 Å². The van der Waals surface area contributed by atoms with Gasteiger partial charge in [-0.15, -0.1) is 0 Å². The fraction of sp³-hybridized carbons (Fsp3) is 0.381. The molecule has 0 radical (unpaired) electrons. The molecule has 1 atom stereocenters. The number of likely N-dealkylation sites (tertiary alicyclic amines) is 1. The van der Waals surface area contributed by atoms with Crippen molar-refractivity contribution in [2.45, 2.75) is 24.7 Å². The van der Waals surface area contributed by atoms with Gasteiger partial charge in [0.05, 0.1) is 17.7 Å². The number of anilines is 1. The maximum absolute atomic E-state index is 13.4. The van der Waals surface area contributed by atoms with E-state index in [1.165, 1.54) is 43.5 Å². The number of ether oxygens (including phenoxy) is 1. The van der Waals surface area contributed by atoms with Crippen molar-refractivity contribution < 1.29 is 22.3 Å². The number of carbonyl (C=O) groups excluding carboxylic acids is 1. The molecule has 156 valence electrons. The van der Waals surface area contributed by atoms with Crippen molar-refractivity contribution in [3.8, 4) is 5.75 Å². The van der Waals surface area contributed by atoms with Crippen molar-refractivity contribution in [1.29, 1.82) is 0 Å². The van der Waals surface area contributed by atoms with Crippen LogP contribution in [0.15, 0.2) is 53.4 Å². The lowest BCUT2D eigenvalue weighted by molar-refractivity contribution is -0.131. The summed E-state index contributed by atoms with van der Waals surface area (Å²) in [7, 11) is -2.54. The second-order valence-electron chi connectivity index (χ2n) is 7.25. The van der Waals surface area contributed by atoms with Crippen LogP contribution in [0.4, 0.5) is 10.1 Å². The zero-order valence-electron chi connectivity index (χ0n) is 16.5. The van der Waals surface area contributed by atoms with Gasteiger partial charge in [0.25, 0.3) is 10.0 Å². The van der Waals surface area contributed by atoms with E-state index < -0.39 is 15.8 Å². The summed E-state index contributed by atoms with van der Waals surface area (Å²) in [5.74, 6) is 0.158. The first kappa shape index (κ1) is 21.1. The number of methoxy groups -OCH3 is 1. The molecule has 0 aromatic heterocycles. The zero-order valence-corrected chi connectivity index (χ0v) is 17.4. The van der Waals surface area contributed by atoms with Gasteiger partial charge < -0.3 is 9.64 Å². The number of carbonyl (C=O) groups is 1. The Labute approximate surface area is 170 Å². The number of amides is 1. The summed E-state index contributed by atoms with van der Waals surface area (Å²) in [4.78, 5) is 14.6. The van der Waals surface area contributed by atoms with Crippen molar-refractivity contribution in [3.05, 3.63) is 54.3 Å². The van der Waals surface area contributed by atoms with Crippen LogP contribution in [0.25, 0.3) is 0 Å². The quantitative estimate of drug-likeness (QED) is 0.719. The predicted octanol–water partition coefficient (Wildman–Crippen LogP) is 3.29. The molecule has 29 heavy (non-hydrogen) atoms. The smallest absolute Gasteiger partial charge is 0.264 e. The number of nitrogens with zero attached hydrogens (tertiary/aromatic N) is 2. The highest BCUT2D eigenvalue weighted by atomic mass is 32.2. The lowest BCUT2D eigenvalue weighted by Crippen LogP contribution is -2.46. The van der Waals surface area contributed by atoms with Gasteiger partial charge in [-0.2, -0.15) is 0 Å². The van der Waals surface area contributed by atoms with E-state index in [1.807, 2.05) is 0 Å². The first-order valence-corrected chi connectivity index (χ1v) is 11.0. The van der Waals surface area contributed by atoms with Gasteiger partial charge in [0.2, 0.25) is 5.91 Å². The van der Waals surface area contributed by atoms with E-state index in [1.54, 1.807) is 17.0 Å². The van der Waals surface area contributed by atoms with E-state index in [2.05, 4.69) is 6.92 Å². The first-order chi connectivity index (χ1) is 13.8. The number of piperidine rings is 1. The van der Waals surface area contributed by atoms with Gasteiger partial charge in [0, 0.05) is 13.1 Å². The van der Waals surface area contributed by atoms with Gasteiger partial charge in [-0.3, -0.25) is 9.10 Å². The monoisotopic (exact) mass is 420 g/mol. The molecule has 1 fully saturated rings. The van der Waals surface area contributed by atoms with Gasteiger partial charge in [0.1, 0.15) is 18.1 Å². The van der Waals surface area contributed by atoms with Crippen LogP contribution in [0.2, 0.25) is 0 Å². The van der Waals surface area contributed by atoms with Crippen molar-refractivity contribution in [2.24, 2.45) is 5.92 Å². The Morgan fingerprint density at radius 2 is 1.83 bits per heavy atom. The van der Waals surface area contributed by atoms with E-state index in [0.717, 1.165) is 17.1 Å². The third kappa shape index (κ3) is 4.87. The lowest BCUT2D eigenvalue weighted by Gasteiger charge is -2.33. The normalized spacial score (nSPS) is 17.1. The average Bonchev–Trinajstić information content (AvgIpc) is 2.72.